The molecule has 2 heterocycles. The van der Waals surface area contributed by atoms with Gasteiger partial charge < -0.3 is 13.7 Å². The summed E-state index contributed by atoms with van der Waals surface area (Å²) < 4.78 is 13.1. The molecule has 0 atom stereocenters. The monoisotopic (exact) mass is 601 g/mol. The summed E-state index contributed by atoms with van der Waals surface area (Å²) in [7, 11) is 0. The lowest BCUT2D eigenvalue weighted by Gasteiger charge is -2.27. The predicted octanol–water partition coefficient (Wildman–Crippen LogP) is 12.9. The average Bonchev–Trinajstić information content (AvgIpc) is 3.71. The first-order chi connectivity index (χ1) is 23.3. The van der Waals surface area contributed by atoms with E-state index in [0.717, 1.165) is 77.3 Å². The molecule has 0 saturated carbocycles. The Morgan fingerprint density at radius 3 is 1.89 bits per heavy atom. The Morgan fingerprint density at radius 1 is 0.340 bits per heavy atom. The lowest BCUT2D eigenvalue weighted by molar-refractivity contribution is 0.669. The van der Waals surface area contributed by atoms with E-state index in [9.17, 15) is 0 Å². The molecule has 0 radical (unpaired) electrons. The van der Waals surface area contributed by atoms with Gasteiger partial charge in [0.05, 0.1) is 5.69 Å². The lowest BCUT2D eigenvalue weighted by Crippen LogP contribution is -2.10. The summed E-state index contributed by atoms with van der Waals surface area (Å²) in [5.41, 5.74) is 8.91. The van der Waals surface area contributed by atoms with E-state index in [0.29, 0.717) is 0 Å². The first-order valence-electron chi connectivity index (χ1n) is 15.9. The summed E-state index contributed by atoms with van der Waals surface area (Å²) >= 11 is 0. The van der Waals surface area contributed by atoms with E-state index in [1.54, 1.807) is 0 Å². The summed E-state index contributed by atoms with van der Waals surface area (Å²) in [6.07, 6.45) is 0. The highest BCUT2D eigenvalue weighted by atomic mass is 16.3. The maximum atomic E-state index is 6.69. The minimum absolute atomic E-state index is 0.855. The molecule has 3 heteroatoms. The zero-order valence-corrected chi connectivity index (χ0v) is 25.4. The first-order valence-corrected chi connectivity index (χ1v) is 15.9. The molecule has 0 aliphatic rings. The van der Waals surface area contributed by atoms with Crippen molar-refractivity contribution in [3.8, 4) is 11.1 Å². The number of hydrogen-bond acceptors (Lipinski definition) is 3. The number of anilines is 3. The highest BCUT2D eigenvalue weighted by Crippen LogP contribution is 2.47. The minimum atomic E-state index is 0.855. The van der Waals surface area contributed by atoms with Crippen molar-refractivity contribution in [3.05, 3.63) is 164 Å². The second kappa shape index (κ2) is 10.1. The van der Waals surface area contributed by atoms with E-state index in [2.05, 4.69) is 157 Å². The number of nitrogens with zero attached hydrogens (tertiary/aromatic N) is 1. The third-order valence-electron chi connectivity index (χ3n) is 9.42. The van der Waals surface area contributed by atoms with E-state index in [1.807, 2.05) is 12.1 Å². The number of para-hydroxylation sites is 1. The molecule has 8 aromatic carbocycles. The predicted molar refractivity (Wildman–Crippen MR) is 196 cm³/mol. The van der Waals surface area contributed by atoms with Crippen LogP contribution in [0.1, 0.15) is 0 Å². The standard InChI is InChI=1S/C44H27NO2/c1-2-11-28(12-3-1)30-14-10-15-31(25-30)45(32-22-23-36-35-18-8-9-20-39(35)46-41(36)26-32)38-27-42-44(37-19-7-6-17-34(37)38)43-33-16-5-4-13-29(33)21-24-40(43)47-42/h1-27H. The van der Waals surface area contributed by atoms with Crippen molar-refractivity contribution < 1.29 is 8.83 Å². The van der Waals surface area contributed by atoms with Gasteiger partial charge in [-0.3, -0.25) is 0 Å². The van der Waals surface area contributed by atoms with Crippen LogP contribution in [0.3, 0.4) is 0 Å². The molecule has 47 heavy (non-hydrogen) atoms. The van der Waals surface area contributed by atoms with Gasteiger partial charge in [-0.05, 0) is 63.7 Å². The Morgan fingerprint density at radius 2 is 1.00 bits per heavy atom. The van der Waals surface area contributed by atoms with Crippen LogP contribution < -0.4 is 4.90 Å². The maximum Gasteiger partial charge on any atom is 0.138 e. The highest BCUT2D eigenvalue weighted by molar-refractivity contribution is 6.28. The van der Waals surface area contributed by atoms with Crippen LogP contribution in [0.4, 0.5) is 17.1 Å². The molecular formula is C44H27NO2. The van der Waals surface area contributed by atoms with Crippen molar-refractivity contribution in [2.24, 2.45) is 0 Å². The number of benzene rings is 8. The van der Waals surface area contributed by atoms with E-state index in [-0.39, 0.29) is 0 Å². The van der Waals surface area contributed by atoms with E-state index >= 15 is 0 Å². The van der Waals surface area contributed by atoms with Crippen molar-refractivity contribution in [2.45, 2.75) is 0 Å². The van der Waals surface area contributed by atoms with E-state index in [4.69, 9.17) is 8.83 Å². The van der Waals surface area contributed by atoms with Gasteiger partial charge in [-0.2, -0.15) is 0 Å². The number of furan rings is 2. The molecule has 0 fully saturated rings. The molecule has 0 saturated heterocycles. The number of hydrogen-bond donors (Lipinski definition) is 0. The van der Waals surface area contributed by atoms with Crippen LogP contribution >= 0.6 is 0 Å². The summed E-state index contributed by atoms with van der Waals surface area (Å²) in [4.78, 5) is 2.34. The van der Waals surface area contributed by atoms with Crippen molar-refractivity contribution in [3.63, 3.8) is 0 Å². The Balaban J connectivity index is 1.29. The minimum Gasteiger partial charge on any atom is -0.456 e. The zero-order chi connectivity index (χ0) is 30.9. The van der Waals surface area contributed by atoms with Crippen molar-refractivity contribution in [2.75, 3.05) is 4.90 Å². The summed E-state index contributed by atoms with van der Waals surface area (Å²) in [6.45, 7) is 0. The summed E-state index contributed by atoms with van der Waals surface area (Å²) in [6, 6.07) is 57.8. The normalized spacial score (nSPS) is 11.8. The summed E-state index contributed by atoms with van der Waals surface area (Å²) in [5, 5.41) is 9.22. The zero-order valence-electron chi connectivity index (χ0n) is 25.4. The van der Waals surface area contributed by atoms with Crippen LogP contribution in [0.15, 0.2) is 173 Å². The molecule has 0 aliphatic heterocycles. The van der Waals surface area contributed by atoms with Crippen LogP contribution in [0.2, 0.25) is 0 Å². The van der Waals surface area contributed by atoms with Crippen LogP contribution in [-0.4, -0.2) is 0 Å². The fraction of sp³-hybridized carbons (Fsp3) is 0. The van der Waals surface area contributed by atoms with Crippen molar-refractivity contribution in [1.29, 1.82) is 0 Å². The smallest absolute Gasteiger partial charge is 0.138 e. The molecule has 0 bridgehead atoms. The first kappa shape index (κ1) is 26.0. The Hall–Kier alpha value is -6.32. The summed E-state index contributed by atoms with van der Waals surface area (Å²) in [5.74, 6) is 0. The van der Waals surface area contributed by atoms with Gasteiger partial charge in [0.25, 0.3) is 0 Å². The van der Waals surface area contributed by atoms with Crippen LogP contribution in [-0.2, 0) is 0 Å². The fourth-order valence-corrected chi connectivity index (χ4v) is 7.30. The van der Waals surface area contributed by atoms with Crippen molar-refractivity contribution >= 4 is 82.5 Å². The third kappa shape index (κ3) is 4.00. The highest BCUT2D eigenvalue weighted by Gasteiger charge is 2.22. The Labute approximate surface area is 270 Å². The molecule has 220 valence electrons. The molecule has 0 amide bonds. The maximum absolute atomic E-state index is 6.69. The molecule has 10 rings (SSSR count). The van der Waals surface area contributed by atoms with Gasteiger partial charge >= 0.3 is 0 Å². The average molecular weight is 602 g/mol. The third-order valence-corrected chi connectivity index (χ3v) is 9.42. The fourth-order valence-electron chi connectivity index (χ4n) is 7.30. The topological polar surface area (TPSA) is 29.5 Å². The second-order valence-electron chi connectivity index (χ2n) is 12.1. The molecule has 0 aliphatic carbocycles. The molecule has 0 N–H and O–H groups in total. The number of fused-ring (bicyclic) bond motifs is 10. The lowest BCUT2D eigenvalue weighted by atomic mass is 9.97. The largest absolute Gasteiger partial charge is 0.456 e. The van der Waals surface area contributed by atoms with Crippen molar-refractivity contribution in [1.82, 2.24) is 0 Å². The molecule has 10 aromatic rings. The Kier molecular flexibility index (Phi) is 5.57. The van der Waals surface area contributed by atoms with Gasteiger partial charge in [0.1, 0.15) is 22.3 Å². The molecule has 3 nitrogen and oxygen atoms in total. The van der Waals surface area contributed by atoms with Crippen LogP contribution in [0.25, 0.3) is 76.5 Å². The van der Waals surface area contributed by atoms with E-state index in [1.165, 1.54) is 16.3 Å². The second-order valence-corrected chi connectivity index (χ2v) is 12.1. The quantitative estimate of drug-likeness (QED) is 0.201. The van der Waals surface area contributed by atoms with Gasteiger partial charge in [0.15, 0.2) is 0 Å². The number of rotatable bonds is 4. The van der Waals surface area contributed by atoms with Gasteiger partial charge in [0.2, 0.25) is 0 Å². The SMILES string of the molecule is c1ccc(-c2cccc(N(c3ccc4c(c3)oc3ccccc34)c3cc4oc5ccc6ccccc6c5c4c4ccccc34)c2)cc1. The van der Waals surface area contributed by atoms with E-state index < -0.39 is 0 Å². The van der Waals surface area contributed by atoms with Gasteiger partial charge in [-0.15, -0.1) is 0 Å². The molecule has 2 aromatic heterocycles. The van der Waals surface area contributed by atoms with Gasteiger partial charge in [-0.25, -0.2) is 0 Å². The van der Waals surface area contributed by atoms with Crippen LogP contribution in [0, 0.1) is 0 Å². The molecular weight excluding hydrogens is 574 g/mol. The van der Waals surface area contributed by atoms with Gasteiger partial charge in [0, 0.05) is 50.4 Å². The van der Waals surface area contributed by atoms with Gasteiger partial charge in [-0.1, -0.05) is 115 Å². The Bertz CT molecular complexity index is 2810. The molecule has 0 spiro atoms. The van der Waals surface area contributed by atoms with Crippen LogP contribution in [0.5, 0.6) is 0 Å². The molecule has 0 unspecified atom stereocenters.